The Balaban J connectivity index is 1.58. The molecule has 13 heteroatoms. The Morgan fingerprint density at radius 2 is 1.69 bits per heavy atom. The van der Waals surface area contributed by atoms with Crippen LogP contribution in [0.15, 0.2) is 73.2 Å². The molecule has 1 atom stereocenters. The van der Waals surface area contributed by atoms with Crippen LogP contribution in [0.1, 0.15) is 21.6 Å². The first kappa shape index (κ1) is 29.8. The van der Waals surface area contributed by atoms with Crippen molar-refractivity contribution in [3.8, 4) is 11.1 Å². The minimum atomic E-state index is -1.38. The smallest absolute Gasteiger partial charge is 0.251 e. The lowest BCUT2D eigenvalue weighted by Gasteiger charge is -2.31. The maximum absolute atomic E-state index is 14.3. The number of benzene rings is 3. The van der Waals surface area contributed by atoms with Gasteiger partial charge in [0.25, 0.3) is 5.91 Å². The number of imidazole rings is 1. The molecular weight excluding hydrogens is 705 g/mol. The first-order chi connectivity index (χ1) is 19.9. The average Bonchev–Trinajstić information content (AvgIpc) is 3.29. The third kappa shape index (κ3) is 6.22. The summed E-state index contributed by atoms with van der Waals surface area (Å²) in [5, 5.41) is 3.55. The van der Waals surface area contributed by atoms with Crippen molar-refractivity contribution in [2.75, 3.05) is 0 Å². The normalized spacial score (nSPS) is 12.7. The van der Waals surface area contributed by atoms with Crippen LogP contribution in [0, 0.1) is 17.5 Å². The molecule has 0 fully saturated rings. The number of nitrogens with zero attached hydrogens (tertiary/aromatic N) is 3. The molecule has 0 aliphatic heterocycles. The van der Waals surface area contributed by atoms with Crippen LogP contribution in [0.5, 0.6) is 0 Å². The number of carbonyl (C=O) groups is 2. The van der Waals surface area contributed by atoms with Crippen LogP contribution < -0.4 is 11.1 Å². The van der Waals surface area contributed by atoms with Crippen LogP contribution in [0.3, 0.4) is 0 Å². The molecule has 214 valence electrons. The molecule has 2 amide bonds. The molecule has 7 nitrogen and oxygen atoms in total. The number of halogens is 6. The van der Waals surface area contributed by atoms with Crippen molar-refractivity contribution in [1.29, 1.82) is 0 Å². The van der Waals surface area contributed by atoms with Gasteiger partial charge in [0.15, 0.2) is 0 Å². The van der Waals surface area contributed by atoms with Crippen LogP contribution in [0.2, 0.25) is 10.0 Å². The zero-order chi connectivity index (χ0) is 30.2. The Hall–Kier alpha value is -3.68. The summed E-state index contributed by atoms with van der Waals surface area (Å²) in [5.41, 5.74) is 7.47. The molecule has 5 aromatic rings. The van der Waals surface area contributed by atoms with E-state index in [9.17, 15) is 22.8 Å². The molecule has 3 N–H and O–H groups in total. The third-order valence-corrected chi connectivity index (χ3v) is 8.29. The summed E-state index contributed by atoms with van der Waals surface area (Å²) >= 11 is 14.2. The fourth-order valence-electron chi connectivity index (χ4n) is 4.61. The van der Waals surface area contributed by atoms with E-state index in [1.807, 2.05) is 22.6 Å². The predicted octanol–water partition coefficient (Wildman–Crippen LogP) is 6.57. The van der Waals surface area contributed by atoms with E-state index in [0.29, 0.717) is 27.2 Å². The summed E-state index contributed by atoms with van der Waals surface area (Å²) in [6.07, 6.45) is 2.86. The molecule has 1 unspecified atom stereocenters. The Bertz CT molecular complexity index is 1850. The van der Waals surface area contributed by atoms with Crippen LogP contribution in [0.25, 0.3) is 22.2 Å². The first-order valence-electron chi connectivity index (χ1n) is 12.2. The molecule has 0 saturated heterocycles. The van der Waals surface area contributed by atoms with Gasteiger partial charge in [-0.25, -0.2) is 18.2 Å². The Morgan fingerprint density at radius 3 is 2.40 bits per heavy atom. The van der Waals surface area contributed by atoms with Gasteiger partial charge in [-0.1, -0.05) is 35.3 Å². The second kappa shape index (κ2) is 11.9. The summed E-state index contributed by atoms with van der Waals surface area (Å²) in [4.78, 5) is 34.2. The van der Waals surface area contributed by atoms with Crippen molar-refractivity contribution < 1.29 is 22.8 Å². The molecule has 0 radical (unpaired) electrons. The van der Waals surface area contributed by atoms with Gasteiger partial charge in [-0.05, 0) is 76.2 Å². The van der Waals surface area contributed by atoms with E-state index in [0.717, 1.165) is 24.3 Å². The number of nitrogens with two attached hydrogens (primary N) is 1. The second-order valence-corrected chi connectivity index (χ2v) is 12.0. The van der Waals surface area contributed by atoms with Gasteiger partial charge in [-0.3, -0.25) is 14.6 Å². The molecule has 2 aromatic heterocycles. The first-order valence-corrected chi connectivity index (χ1v) is 14.1. The Kier molecular flexibility index (Phi) is 8.44. The largest absolute Gasteiger partial charge is 0.366 e. The number of pyridine rings is 1. The summed E-state index contributed by atoms with van der Waals surface area (Å²) in [6.45, 7) is -0.193. The third-order valence-electron chi connectivity index (χ3n) is 6.41. The van der Waals surface area contributed by atoms with Gasteiger partial charge in [-0.15, -0.1) is 0 Å². The maximum atomic E-state index is 14.3. The highest BCUT2D eigenvalue weighted by atomic mass is 127. The molecule has 0 spiro atoms. The quantitative estimate of drug-likeness (QED) is 0.108. The van der Waals surface area contributed by atoms with Gasteiger partial charge in [0, 0.05) is 24.2 Å². The summed E-state index contributed by atoms with van der Waals surface area (Å²) in [7, 11) is 0. The Labute approximate surface area is 261 Å². The van der Waals surface area contributed by atoms with E-state index >= 15 is 0 Å². The molecule has 0 aliphatic carbocycles. The van der Waals surface area contributed by atoms with Crippen molar-refractivity contribution >= 4 is 68.6 Å². The number of amides is 2. The number of carbonyl (C=O) groups excluding carboxylic acids is 2. The van der Waals surface area contributed by atoms with Gasteiger partial charge < -0.3 is 15.6 Å². The van der Waals surface area contributed by atoms with Gasteiger partial charge in [-0.2, -0.15) is 0 Å². The fourth-order valence-corrected chi connectivity index (χ4v) is 6.10. The average molecular weight is 724 g/mol. The fraction of sp³-hybridized carbons (Fsp3) is 0.103. The zero-order valence-electron chi connectivity index (χ0n) is 21.3. The standard InChI is InChI=1S/C29H19Cl2F3IN5O2/c30-21-10-24-25(11-22(21)31)40(14-38-24)13-26(41)39-29(35,12-15-6-17(32)9-18(33)7-15)27-19(2-1-5-37-27)16-3-4-23(34)20(8-16)28(36)42/h1-11,14H,12-13H2,(H2,36,42)(H,39,41). The molecule has 3 aromatic carbocycles. The lowest BCUT2D eigenvalue weighted by Crippen LogP contribution is -2.45. The van der Waals surface area contributed by atoms with E-state index in [1.54, 1.807) is 28.8 Å². The highest BCUT2D eigenvalue weighted by Gasteiger charge is 2.36. The number of nitrogens with one attached hydrogen (secondary N) is 1. The summed E-state index contributed by atoms with van der Waals surface area (Å²) in [6, 6.07) is 13.3. The van der Waals surface area contributed by atoms with Gasteiger partial charge in [0.05, 0.1) is 38.7 Å². The number of fused-ring (bicyclic) bond motifs is 1. The Morgan fingerprint density at radius 1 is 0.976 bits per heavy atom. The van der Waals surface area contributed by atoms with Crippen molar-refractivity contribution in [1.82, 2.24) is 19.9 Å². The number of hydrogen-bond donors (Lipinski definition) is 2. The van der Waals surface area contributed by atoms with Crippen LogP contribution in [0.4, 0.5) is 13.2 Å². The van der Waals surface area contributed by atoms with Gasteiger partial charge in [0.1, 0.15) is 27.5 Å². The maximum Gasteiger partial charge on any atom is 0.251 e. The summed E-state index contributed by atoms with van der Waals surface area (Å²) < 4.78 is 42.8. The van der Waals surface area contributed by atoms with Crippen LogP contribution in [-0.2, 0) is 21.3 Å². The SMILES string of the molecule is NC(=O)c1cc(-c2cccnc2C(I)(Cc2cc(F)cc(F)c2)NC(=O)Cn2cnc3cc(Cl)c(Cl)cc32)ccc1F. The minimum absolute atomic E-state index is 0.0893. The number of rotatable bonds is 8. The molecule has 2 heterocycles. The number of aromatic nitrogens is 3. The second-order valence-electron chi connectivity index (χ2n) is 9.39. The number of primary amides is 1. The van der Waals surface area contributed by atoms with Gasteiger partial charge >= 0.3 is 0 Å². The lowest BCUT2D eigenvalue weighted by atomic mass is 9.94. The molecule has 42 heavy (non-hydrogen) atoms. The molecule has 0 bridgehead atoms. The van der Waals surface area contributed by atoms with E-state index in [-0.39, 0.29) is 34.8 Å². The highest BCUT2D eigenvalue weighted by molar-refractivity contribution is 14.1. The van der Waals surface area contributed by atoms with E-state index in [1.165, 1.54) is 24.7 Å². The number of alkyl halides is 1. The molecule has 5 rings (SSSR count). The van der Waals surface area contributed by atoms with E-state index in [4.69, 9.17) is 28.9 Å². The van der Waals surface area contributed by atoms with Gasteiger partial charge in [0.2, 0.25) is 5.91 Å². The zero-order valence-corrected chi connectivity index (χ0v) is 25.0. The van der Waals surface area contributed by atoms with Crippen molar-refractivity contribution in [2.24, 2.45) is 5.73 Å². The molecule has 0 aliphatic rings. The highest BCUT2D eigenvalue weighted by Crippen LogP contribution is 2.39. The van der Waals surface area contributed by atoms with Crippen LogP contribution in [-0.4, -0.2) is 26.3 Å². The summed E-state index contributed by atoms with van der Waals surface area (Å²) in [5.74, 6) is -3.82. The van der Waals surface area contributed by atoms with E-state index < -0.39 is 32.8 Å². The topological polar surface area (TPSA) is 103 Å². The van der Waals surface area contributed by atoms with Crippen molar-refractivity contribution in [3.05, 3.63) is 118 Å². The molecular formula is C29H19Cl2F3IN5O2. The minimum Gasteiger partial charge on any atom is -0.366 e. The predicted molar refractivity (Wildman–Crippen MR) is 162 cm³/mol. The van der Waals surface area contributed by atoms with E-state index in [2.05, 4.69) is 15.3 Å². The molecule has 0 saturated carbocycles. The van der Waals surface area contributed by atoms with Crippen LogP contribution >= 0.6 is 45.8 Å². The van der Waals surface area contributed by atoms with Crippen molar-refractivity contribution in [3.63, 3.8) is 0 Å². The lowest BCUT2D eigenvalue weighted by molar-refractivity contribution is -0.122. The monoisotopic (exact) mass is 723 g/mol. The van der Waals surface area contributed by atoms with Crippen molar-refractivity contribution in [2.45, 2.75) is 16.5 Å². The number of hydrogen-bond acceptors (Lipinski definition) is 4.